The minimum atomic E-state index is -0.512. The fourth-order valence-electron chi connectivity index (χ4n) is 2.73. The molecule has 0 aromatic carbocycles. The van der Waals surface area contributed by atoms with Gasteiger partial charge in [0.05, 0.1) is 6.26 Å². The average molecular weight is 377 g/mol. The molecule has 3 heterocycles. The Morgan fingerprint density at radius 1 is 1.35 bits per heavy atom. The lowest BCUT2D eigenvalue weighted by molar-refractivity contribution is -0.121. The highest BCUT2D eigenvalue weighted by molar-refractivity contribution is 7.14. The topological polar surface area (TPSA) is 84.7 Å². The minimum Gasteiger partial charge on any atom is -0.463 e. The van der Waals surface area contributed by atoms with Crippen molar-refractivity contribution in [3.8, 4) is 11.5 Å². The SMILES string of the molecule is CC(C)(C)OC(=O)N1CCC(C(=O)Nc2nc(-c3ccco3)cs2)CC1. The van der Waals surface area contributed by atoms with Crippen LogP contribution in [-0.2, 0) is 9.53 Å². The normalized spacial score (nSPS) is 15.7. The van der Waals surface area contributed by atoms with Gasteiger partial charge in [-0.25, -0.2) is 9.78 Å². The number of nitrogens with one attached hydrogen (secondary N) is 1. The van der Waals surface area contributed by atoms with E-state index in [1.807, 2.05) is 32.2 Å². The molecule has 2 amide bonds. The third kappa shape index (κ3) is 4.63. The number of aromatic nitrogens is 1. The van der Waals surface area contributed by atoms with E-state index in [2.05, 4.69) is 10.3 Å². The molecule has 0 atom stereocenters. The molecule has 0 aliphatic carbocycles. The molecule has 7 nitrogen and oxygen atoms in total. The van der Waals surface area contributed by atoms with Crippen molar-refractivity contribution in [2.24, 2.45) is 5.92 Å². The lowest BCUT2D eigenvalue weighted by Gasteiger charge is -2.32. The summed E-state index contributed by atoms with van der Waals surface area (Å²) in [4.78, 5) is 30.6. The Balaban J connectivity index is 1.50. The van der Waals surface area contributed by atoms with Crippen LogP contribution in [0.1, 0.15) is 33.6 Å². The van der Waals surface area contributed by atoms with E-state index >= 15 is 0 Å². The van der Waals surface area contributed by atoms with Crippen molar-refractivity contribution in [1.29, 1.82) is 0 Å². The first-order chi connectivity index (χ1) is 12.3. The highest BCUT2D eigenvalue weighted by Crippen LogP contribution is 2.27. The fourth-order valence-corrected chi connectivity index (χ4v) is 3.43. The Morgan fingerprint density at radius 3 is 2.69 bits per heavy atom. The highest BCUT2D eigenvalue weighted by atomic mass is 32.1. The van der Waals surface area contributed by atoms with Crippen molar-refractivity contribution >= 4 is 28.5 Å². The summed E-state index contributed by atoms with van der Waals surface area (Å²) in [7, 11) is 0. The van der Waals surface area contributed by atoms with Crippen LogP contribution < -0.4 is 5.32 Å². The second-order valence-corrected chi connectivity index (χ2v) is 8.10. The van der Waals surface area contributed by atoms with Gasteiger partial charge in [-0.2, -0.15) is 0 Å². The van der Waals surface area contributed by atoms with Crippen LogP contribution in [0.4, 0.5) is 9.93 Å². The van der Waals surface area contributed by atoms with E-state index in [4.69, 9.17) is 9.15 Å². The van der Waals surface area contributed by atoms with E-state index in [-0.39, 0.29) is 17.9 Å². The maximum Gasteiger partial charge on any atom is 0.410 e. The summed E-state index contributed by atoms with van der Waals surface area (Å²) in [6, 6.07) is 3.62. The van der Waals surface area contributed by atoms with E-state index in [1.165, 1.54) is 11.3 Å². The van der Waals surface area contributed by atoms with Crippen LogP contribution in [0.25, 0.3) is 11.5 Å². The number of rotatable bonds is 3. The van der Waals surface area contributed by atoms with Gasteiger partial charge in [0.1, 0.15) is 11.3 Å². The van der Waals surface area contributed by atoms with Gasteiger partial charge in [0.25, 0.3) is 0 Å². The number of hydrogen-bond acceptors (Lipinski definition) is 6. The van der Waals surface area contributed by atoms with Crippen molar-refractivity contribution in [3.05, 3.63) is 23.8 Å². The van der Waals surface area contributed by atoms with Crippen molar-refractivity contribution in [1.82, 2.24) is 9.88 Å². The van der Waals surface area contributed by atoms with Crippen LogP contribution >= 0.6 is 11.3 Å². The third-order valence-corrected chi connectivity index (χ3v) is 4.78. The van der Waals surface area contributed by atoms with Crippen molar-refractivity contribution in [2.45, 2.75) is 39.2 Å². The van der Waals surface area contributed by atoms with Gasteiger partial charge >= 0.3 is 6.09 Å². The standard InChI is InChI=1S/C18H23N3O4S/c1-18(2,3)25-17(23)21-8-6-12(7-9-21)15(22)20-16-19-13(11-26-16)14-5-4-10-24-14/h4-5,10-12H,6-9H2,1-3H3,(H,19,20,22). The summed E-state index contributed by atoms with van der Waals surface area (Å²) < 4.78 is 10.7. The summed E-state index contributed by atoms with van der Waals surface area (Å²) >= 11 is 1.36. The Labute approximate surface area is 156 Å². The molecule has 0 radical (unpaired) electrons. The van der Waals surface area contributed by atoms with Crippen LogP contribution in [0.3, 0.4) is 0 Å². The van der Waals surface area contributed by atoms with Crippen LogP contribution in [0.15, 0.2) is 28.2 Å². The smallest absolute Gasteiger partial charge is 0.410 e. The number of hydrogen-bond donors (Lipinski definition) is 1. The lowest BCUT2D eigenvalue weighted by Crippen LogP contribution is -2.43. The Kier molecular flexibility index (Phi) is 5.31. The van der Waals surface area contributed by atoms with E-state index in [9.17, 15) is 9.59 Å². The molecule has 0 unspecified atom stereocenters. The van der Waals surface area contributed by atoms with E-state index < -0.39 is 5.60 Å². The molecular formula is C18H23N3O4S. The molecule has 2 aromatic rings. The predicted molar refractivity (Wildman–Crippen MR) is 99.0 cm³/mol. The lowest BCUT2D eigenvalue weighted by atomic mass is 9.96. The molecule has 1 fully saturated rings. The van der Waals surface area contributed by atoms with Crippen LogP contribution in [-0.4, -0.2) is 40.6 Å². The number of carbonyl (C=O) groups excluding carboxylic acids is 2. The first-order valence-corrected chi connectivity index (χ1v) is 9.48. The Morgan fingerprint density at radius 2 is 2.08 bits per heavy atom. The largest absolute Gasteiger partial charge is 0.463 e. The summed E-state index contributed by atoms with van der Waals surface area (Å²) in [6.07, 6.45) is 2.49. The van der Waals surface area contributed by atoms with Gasteiger partial charge in [-0.05, 0) is 45.7 Å². The molecule has 26 heavy (non-hydrogen) atoms. The average Bonchev–Trinajstić information content (AvgIpc) is 3.24. The number of amides is 2. The molecule has 0 spiro atoms. The number of ether oxygens (including phenoxy) is 1. The number of carbonyl (C=O) groups is 2. The fraction of sp³-hybridized carbons (Fsp3) is 0.500. The van der Waals surface area contributed by atoms with Gasteiger partial charge in [0.2, 0.25) is 5.91 Å². The number of furan rings is 1. The molecule has 1 N–H and O–H groups in total. The van der Waals surface area contributed by atoms with Crippen molar-refractivity contribution < 1.29 is 18.7 Å². The van der Waals surface area contributed by atoms with E-state index in [0.29, 0.717) is 42.5 Å². The molecule has 2 aromatic heterocycles. The highest BCUT2D eigenvalue weighted by Gasteiger charge is 2.30. The molecule has 1 aliphatic rings. The summed E-state index contributed by atoms with van der Waals surface area (Å²) in [6.45, 7) is 6.56. The summed E-state index contributed by atoms with van der Waals surface area (Å²) in [5.41, 5.74) is 0.192. The third-order valence-electron chi connectivity index (χ3n) is 4.03. The Hall–Kier alpha value is -2.35. The molecular weight excluding hydrogens is 354 g/mol. The second kappa shape index (κ2) is 7.49. The molecule has 140 valence electrons. The number of likely N-dealkylation sites (tertiary alicyclic amines) is 1. The Bertz CT molecular complexity index is 756. The maximum absolute atomic E-state index is 12.5. The monoisotopic (exact) mass is 377 g/mol. The first kappa shape index (κ1) is 18.4. The molecule has 1 saturated heterocycles. The molecule has 3 rings (SSSR count). The van der Waals surface area contributed by atoms with Gasteiger partial charge in [-0.3, -0.25) is 4.79 Å². The second-order valence-electron chi connectivity index (χ2n) is 7.25. The van der Waals surface area contributed by atoms with Gasteiger partial charge in [-0.15, -0.1) is 11.3 Å². The molecule has 8 heteroatoms. The zero-order chi connectivity index (χ0) is 18.7. The van der Waals surface area contributed by atoms with Gasteiger partial charge in [-0.1, -0.05) is 0 Å². The molecule has 1 aliphatic heterocycles. The predicted octanol–water partition coefficient (Wildman–Crippen LogP) is 3.99. The number of anilines is 1. The van der Waals surface area contributed by atoms with Gasteiger partial charge in [0.15, 0.2) is 10.9 Å². The maximum atomic E-state index is 12.5. The zero-order valence-corrected chi connectivity index (χ0v) is 16.0. The van der Waals surface area contributed by atoms with Gasteiger partial charge in [0, 0.05) is 24.4 Å². The molecule has 0 saturated carbocycles. The molecule has 0 bridgehead atoms. The quantitative estimate of drug-likeness (QED) is 0.874. The van der Waals surface area contributed by atoms with Gasteiger partial charge < -0.3 is 19.4 Å². The van der Waals surface area contributed by atoms with Crippen LogP contribution in [0.2, 0.25) is 0 Å². The number of nitrogens with zero attached hydrogens (tertiary/aromatic N) is 2. The van der Waals surface area contributed by atoms with Crippen molar-refractivity contribution in [2.75, 3.05) is 18.4 Å². The van der Waals surface area contributed by atoms with Crippen LogP contribution in [0, 0.1) is 5.92 Å². The van der Waals surface area contributed by atoms with Crippen molar-refractivity contribution in [3.63, 3.8) is 0 Å². The summed E-state index contributed by atoms with van der Waals surface area (Å²) in [5, 5.41) is 5.27. The van der Waals surface area contributed by atoms with Crippen LogP contribution in [0.5, 0.6) is 0 Å². The number of thiazole rings is 1. The zero-order valence-electron chi connectivity index (χ0n) is 15.2. The number of piperidine rings is 1. The summed E-state index contributed by atoms with van der Waals surface area (Å²) in [5.74, 6) is 0.478. The van der Waals surface area contributed by atoms with E-state index in [0.717, 1.165) is 0 Å². The first-order valence-electron chi connectivity index (χ1n) is 8.60. The minimum absolute atomic E-state index is 0.0609. The van der Waals surface area contributed by atoms with E-state index in [1.54, 1.807) is 17.2 Å².